The lowest BCUT2D eigenvalue weighted by Gasteiger charge is -2.08. The SMILES string of the molecule is O=C1CN=C(c2ccccc2)c2nc(Cl)ncc2N1. The number of aliphatic imine (C=N–C) groups is 1. The van der Waals surface area contributed by atoms with Gasteiger partial charge in [-0.05, 0) is 11.6 Å². The molecule has 1 aromatic heterocycles. The Morgan fingerprint density at radius 3 is 2.79 bits per heavy atom. The van der Waals surface area contributed by atoms with Crippen LogP contribution >= 0.6 is 11.6 Å². The summed E-state index contributed by atoms with van der Waals surface area (Å²) in [5.74, 6) is -0.196. The van der Waals surface area contributed by atoms with Crippen LogP contribution in [0.4, 0.5) is 5.69 Å². The molecule has 2 aromatic rings. The van der Waals surface area contributed by atoms with Crippen molar-refractivity contribution in [1.82, 2.24) is 9.97 Å². The molecule has 1 aliphatic heterocycles. The van der Waals surface area contributed by atoms with E-state index in [9.17, 15) is 4.79 Å². The predicted octanol–water partition coefficient (Wildman–Crippen LogP) is 1.92. The maximum Gasteiger partial charge on any atom is 0.246 e. The molecule has 2 heterocycles. The lowest BCUT2D eigenvalue weighted by atomic mass is 10.1. The minimum absolute atomic E-state index is 0.0538. The Kier molecular flexibility index (Phi) is 2.97. The lowest BCUT2D eigenvalue weighted by Crippen LogP contribution is -2.14. The van der Waals surface area contributed by atoms with E-state index in [1.807, 2.05) is 30.3 Å². The van der Waals surface area contributed by atoms with Crippen molar-refractivity contribution in [3.05, 3.63) is 53.1 Å². The fourth-order valence-electron chi connectivity index (χ4n) is 1.87. The summed E-state index contributed by atoms with van der Waals surface area (Å²) in [5, 5.41) is 2.84. The van der Waals surface area contributed by atoms with Crippen LogP contribution in [0.3, 0.4) is 0 Å². The predicted molar refractivity (Wildman–Crippen MR) is 72.6 cm³/mol. The smallest absolute Gasteiger partial charge is 0.246 e. The van der Waals surface area contributed by atoms with Crippen molar-refractivity contribution in [2.24, 2.45) is 4.99 Å². The van der Waals surface area contributed by atoms with Gasteiger partial charge < -0.3 is 5.32 Å². The van der Waals surface area contributed by atoms with E-state index in [4.69, 9.17) is 11.6 Å². The summed E-state index contributed by atoms with van der Waals surface area (Å²) in [5.41, 5.74) is 2.58. The number of carbonyl (C=O) groups excluding carboxylic acids is 1. The van der Waals surface area contributed by atoms with Crippen LogP contribution in [-0.4, -0.2) is 28.1 Å². The van der Waals surface area contributed by atoms with Gasteiger partial charge in [-0.3, -0.25) is 9.79 Å². The summed E-state index contributed by atoms with van der Waals surface area (Å²) >= 11 is 5.83. The molecule has 3 rings (SSSR count). The van der Waals surface area contributed by atoms with E-state index in [2.05, 4.69) is 20.3 Å². The summed E-state index contributed by atoms with van der Waals surface area (Å²) in [6.45, 7) is 0.0538. The number of nitrogens with zero attached hydrogens (tertiary/aromatic N) is 3. The quantitative estimate of drug-likeness (QED) is 0.807. The van der Waals surface area contributed by atoms with Gasteiger partial charge in [0.15, 0.2) is 0 Å². The van der Waals surface area contributed by atoms with Crippen molar-refractivity contribution >= 4 is 28.9 Å². The van der Waals surface area contributed by atoms with Crippen molar-refractivity contribution in [2.75, 3.05) is 11.9 Å². The number of fused-ring (bicyclic) bond motifs is 1. The van der Waals surface area contributed by atoms with E-state index in [-0.39, 0.29) is 17.7 Å². The molecule has 1 aromatic carbocycles. The molecule has 0 saturated heterocycles. The Morgan fingerprint density at radius 2 is 2.00 bits per heavy atom. The van der Waals surface area contributed by atoms with Crippen LogP contribution in [0.15, 0.2) is 41.5 Å². The normalized spacial score (nSPS) is 14.2. The van der Waals surface area contributed by atoms with Crippen LogP contribution in [0.5, 0.6) is 0 Å². The number of anilines is 1. The molecule has 0 unspecified atom stereocenters. The summed E-state index contributed by atoms with van der Waals surface area (Å²) in [6.07, 6.45) is 1.49. The zero-order valence-corrected chi connectivity index (χ0v) is 10.6. The van der Waals surface area contributed by atoms with Gasteiger partial charge in [-0.15, -0.1) is 0 Å². The molecule has 1 amide bonds. The number of hydrogen-bond acceptors (Lipinski definition) is 4. The van der Waals surface area contributed by atoms with Crippen molar-refractivity contribution in [3.63, 3.8) is 0 Å². The highest BCUT2D eigenvalue weighted by atomic mass is 35.5. The molecule has 94 valence electrons. The largest absolute Gasteiger partial charge is 0.321 e. The third kappa shape index (κ3) is 2.32. The van der Waals surface area contributed by atoms with E-state index in [0.717, 1.165) is 5.56 Å². The van der Waals surface area contributed by atoms with Gasteiger partial charge in [-0.2, -0.15) is 0 Å². The topological polar surface area (TPSA) is 67.2 Å². The first-order valence-electron chi connectivity index (χ1n) is 5.66. The number of benzene rings is 1. The second-order valence-corrected chi connectivity index (χ2v) is 4.32. The minimum atomic E-state index is -0.196. The second-order valence-electron chi connectivity index (χ2n) is 3.98. The third-order valence-electron chi connectivity index (χ3n) is 2.69. The van der Waals surface area contributed by atoms with E-state index >= 15 is 0 Å². The van der Waals surface area contributed by atoms with Gasteiger partial charge >= 0.3 is 0 Å². The molecule has 0 saturated carbocycles. The number of hydrogen-bond donors (Lipinski definition) is 1. The van der Waals surface area contributed by atoms with Gasteiger partial charge in [0.05, 0.1) is 17.6 Å². The molecule has 1 N–H and O–H groups in total. The highest BCUT2D eigenvalue weighted by molar-refractivity contribution is 6.29. The van der Waals surface area contributed by atoms with Crippen LogP contribution in [0.2, 0.25) is 5.28 Å². The minimum Gasteiger partial charge on any atom is -0.321 e. The molecule has 0 bridgehead atoms. The van der Waals surface area contributed by atoms with Gasteiger partial charge in [0, 0.05) is 5.56 Å². The molecule has 0 fully saturated rings. The Labute approximate surface area is 114 Å². The zero-order chi connectivity index (χ0) is 13.2. The Morgan fingerprint density at radius 1 is 1.21 bits per heavy atom. The van der Waals surface area contributed by atoms with Gasteiger partial charge in [0.1, 0.15) is 12.2 Å². The molecule has 5 nitrogen and oxygen atoms in total. The van der Waals surface area contributed by atoms with Gasteiger partial charge in [0.2, 0.25) is 11.2 Å². The number of halogens is 1. The Balaban J connectivity index is 2.20. The average Bonchev–Trinajstić information content (AvgIpc) is 2.58. The number of nitrogens with one attached hydrogen (secondary N) is 1. The standard InChI is InChI=1S/C13H9ClN4O/c14-13-16-6-9-12(18-13)11(15-7-10(19)17-9)8-4-2-1-3-5-8/h1-6H,7H2,(H,17,19). The van der Waals surface area contributed by atoms with Crippen molar-refractivity contribution in [2.45, 2.75) is 0 Å². The molecular formula is C13H9ClN4O. The molecule has 0 atom stereocenters. The Bertz CT molecular complexity index is 670. The van der Waals surface area contributed by atoms with E-state index in [0.29, 0.717) is 17.1 Å². The maximum absolute atomic E-state index is 11.6. The lowest BCUT2D eigenvalue weighted by molar-refractivity contribution is -0.114. The first-order chi connectivity index (χ1) is 9.24. The first-order valence-corrected chi connectivity index (χ1v) is 6.04. The van der Waals surface area contributed by atoms with Crippen LogP contribution < -0.4 is 5.32 Å². The van der Waals surface area contributed by atoms with Crippen LogP contribution in [0.25, 0.3) is 0 Å². The maximum atomic E-state index is 11.6. The van der Waals surface area contributed by atoms with E-state index < -0.39 is 0 Å². The highest BCUT2D eigenvalue weighted by Crippen LogP contribution is 2.21. The van der Waals surface area contributed by atoms with Crippen LogP contribution in [0.1, 0.15) is 11.3 Å². The number of carbonyl (C=O) groups is 1. The number of amides is 1. The van der Waals surface area contributed by atoms with Gasteiger partial charge in [-0.1, -0.05) is 30.3 Å². The number of rotatable bonds is 1. The second kappa shape index (κ2) is 4.78. The van der Waals surface area contributed by atoms with Crippen LogP contribution in [-0.2, 0) is 4.79 Å². The fraction of sp³-hybridized carbons (Fsp3) is 0.0769. The van der Waals surface area contributed by atoms with E-state index in [1.54, 1.807) is 0 Å². The molecule has 0 aliphatic carbocycles. The summed E-state index contributed by atoms with van der Waals surface area (Å²) < 4.78 is 0. The number of aromatic nitrogens is 2. The van der Waals surface area contributed by atoms with Crippen molar-refractivity contribution in [3.8, 4) is 0 Å². The van der Waals surface area contributed by atoms with Crippen molar-refractivity contribution in [1.29, 1.82) is 0 Å². The Hall–Kier alpha value is -2.27. The molecule has 0 spiro atoms. The summed E-state index contributed by atoms with van der Waals surface area (Å²) in [4.78, 5) is 24.0. The monoisotopic (exact) mass is 272 g/mol. The fourth-order valence-corrected chi connectivity index (χ4v) is 2.01. The average molecular weight is 273 g/mol. The first kappa shape index (κ1) is 11.8. The van der Waals surface area contributed by atoms with Gasteiger partial charge in [0.25, 0.3) is 0 Å². The zero-order valence-electron chi connectivity index (χ0n) is 9.80. The summed E-state index contributed by atoms with van der Waals surface area (Å²) in [7, 11) is 0. The van der Waals surface area contributed by atoms with Crippen LogP contribution in [0, 0.1) is 0 Å². The van der Waals surface area contributed by atoms with E-state index in [1.165, 1.54) is 6.20 Å². The highest BCUT2D eigenvalue weighted by Gasteiger charge is 2.20. The van der Waals surface area contributed by atoms with Crippen molar-refractivity contribution < 1.29 is 4.79 Å². The van der Waals surface area contributed by atoms with Gasteiger partial charge in [-0.25, -0.2) is 9.97 Å². The molecule has 19 heavy (non-hydrogen) atoms. The molecule has 0 radical (unpaired) electrons. The third-order valence-corrected chi connectivity index (χ3v) is 2.87. The molecule has 1 aliphatic rings. The summed E-state index contributed by atoms with van der Waals surface area (Å²) in [6, 6.07) is 9.54. The molecule has 6 heteroatoms. The molecular weight excluding hydrogens is 264 g/mol.